The summed E-state index contributed by atoms with van der Waals surface area (Å²) in [6.45, 7) is 2.01. The molecule has 2 aromatic carbocycles. The Morgan fingerprint density at radius 1 is 0.971 bits per heavy atom. The molecular weight excluding hydrogens is 452 g/mol. The number of nitrogens with zero attached hydrogens (tertiary/aromatic N) is 7. The molecule has 35 heavy (non-hydrogen) atoms. The van der Waals surface area contributed by atoms with Gasteiger partial charge in [-0.3, -0.25) is 26.4 Å². The van der Waals surface area contributed by atoms with Crippen LogP contribution in [0.1, 0.15) is 11.3 Å². The SMILES string of the molecule is Cc1ccc(NNc2nc3nonc3nc2N/N=C/c2cccn2-c2ccc([N+](=O)[O-])cc2)cc1. The van der Waals surface area contributed by atoms with Crippen LogP contribution in [0.3, 0.4) is 0 Å². The molecule has 0 bridgehead atoms. The molecule has 0 atom stereocenters. The molecule has 5 aromatic rings. The molecule has 3 N–H and O–H groups in total. The van der Waals surface area contributed by atoms with Gasteiger partial charge in [0.25, 0.3) is 5.69 Å². The molecule has 0 amide bonds. The molecule has 0 unspecified atom stereocenters. The number of nitrogens with one attached hydrogen (secondary N) is 3. The van der Waals surface area contributed by atoms with E-state index in [0.717, 1.165) is 22.6 Å². The van der Waals surface area contributed by atoms with Gasteiger partial charge >= 0.3 is 0 Å². The van der Waals surface area contributed by atoms with Gasteiger partial charge < -0.3 is 4.57 Å². The van der Waals surface area contributed by atoms with Crippen LogP contribution in [0.4, 0.5) is 23.0 Å². The van der Waals surface area contributed by atoms with Crippen LogP contribution in [0.25, 0.3) is 17.0 Å². The Balaban J connectivity index is 1.36. The molecule has 0 radical (unpaired) electrons. The number of benzene rings is 2. The number of anilines is 3. The van der Waals surface area contributed by atoms with Gasteiger partial charge in [0.1, 0.15) is 0 Å². The number of rotatable bonds is 8. The lowest BCUT2D eigenvalue weighted by Crippen LogP contribution is -2.13. The molecule has 0 fully saturated rings. The highest BCUT2D eigenvalue weighted by molar-refractivity contribution is 5.80. The number of non-ortho nitro benzene ring substituents is 1. The van der Waals surface area contributed by atoms with Crippen LogP contribution >= 0.6 is 0 Å². The summed E-state index contributed by atoms with van der Waals surface area (Å²) in [6, 6.07) is 17.7. The minimum atomic E-state index is -0.437. The summed E-state index contributed by atoms with van der Waals surface area (Å²) < 4.78 is 6.55. The fourth-order valence-corrected chi connectivity index (χ4v) is 3.20. The average Bonchev–Trinajstić information content (AvgIpc) is 3.53. The van der Waals surface area contributed by atoms with E-state index in [1.54, 1.807) is 18.3 Å². The van der Waals surface area contributed by atoms with E-state index < -0.39 is 4.92 Å². The Bertz CT molecular complexity index is 1510. The van der Waals surface area contributed by atoms with Crippen LogP contribution < -0.4 is 16.3 Å². The first-order valence-electron chi connectivity index (χ1n) is 10.4. The molecule has 174 valence electrons. The summed E-state index contributed by atoms with van der Waals surface area (Å²) in [5.74, 6) is 0.620. The predicted molar refractivity (Wildman–Crippen MR) is 129 cm³/mol. The van der Waals surface area contributed by atoms with E-state index >= 15 is 0 Å². The van der Waals surface area contributed by atoms with E-state index in [-0.39, 0.29) is 22.8 Å². The molecule has 0 aliphatic heterocycles. The minimum Gasteiger partial charge on any atom is -0.316 e. The predicted octanol–water partition coefficient (Wildman–Crippen LogP) is 3.91. The van der Waals surface area contributed by atoms with E-state index in [1.165, 1.54) is 12.1 Å². The first kappa shape index (κ1) is 21.5. The number of fused-ring (bicyclic) bond motifs is 1. The second kappa shape index (κ2) is 9.27. The molecule has 3 heterocycles. The highest BCUT2D eigenvalue weighted by Gasteiger charge is 2.13. The van der Waals surface area contributed by atoms with Gasteiger partial charge in [-0.05, 0) is 53.6 Å². The van der Waals surface area contributed by atoms with Crippen LogP contribution in [0, 0.1) is 17.0 Å². The Morgan fingerprint density at radius 3 is 2.40 bits per heavy atom. The molecule has 13 heteroatoms. The zero-order valence-electron chi connectivity index (χ0n) is 18.3. The van der Waals surface area contributed by atoms with Crippen molar-refractivity contribution in [1.29, 1.82) is 0 Å². The highest BCUT2D eigenvalue weighted by atomic mass is 16.6. The molecule has 5 rings (SSSR count). The van der Waals surface area contributed by atoms with Gasteiger partial charge in [-0.1, -0.05) is 17.7 Å². The lowest BCUT2D eigenvalue weighted by atomic mass is 10.2. The number of aromatic nitrogens is 5. The summed E-state index contributed by atoms with van der Waals surface area (Å²) in [5, 5.41) is 22.6. The van der Waals surface area contributed by atoms with Crippen LogP contribution in [0.5, 0.6) is 0 Å². The number of nitro groups is 1. The van der Waals surface area contributed by atoms with E-state index in [0.29, 0.717) is 5.82 Å². The van der Waals surface area contributed by atoms with Gasteiger partial charge in [-0.2, -0.15) is 15.1 Å². The van der Waals surface area contributed by atoms with Crippen LogP contribution in [0.2, 0.25) is 0 Å². The van der Waals surface area contributed by atoms with Gasteiger partial charge in [0.05, 0.1) is 22.5 Å². The quantitative estimate of drug-likeness (QED) is 0.172. The van der Waals surface area contributed by atoms with Crippen LogP contribution in [0.15, 0.2) is 76.6 Å². The summed E-state index contributed by atoms with van der Waals surface area (Å²) in [5.41, 5.74) is 12.8. The number of nitro benzene ring substituents is 1. The largest absolute Gasteiger partial charge is 0.316 e. The number of hydrogen-bond acceptors (Lipinski definition) is 11. The number of hydrogen-bond donors (Lipinski definition) is 3. The number of aryl methyl sites for hydroxylation is 1. The smallest absolute Gasteiger partial charge is 0.269 e. The van der Waals surface area contributed by atoms with E-state index in [1.807, 2.05) is 54.1 Å². The molecule has 0 saturated carbocycles. The van der Waals surface area contributed by atoms with Gasteiger partial charge in [0.2, 0.25) is 11.3 Å². The van der Waals surface area contributed by atoms with Crippen molar-refractivity contribution in [2.45, 2.75) is 6.92 Å². The maximum Gasteiger partial charge on any atom is 0.269 e. The van der Waals surface area contributed by atoms with Crippen molar-refractivity contribution in [2.24, 2.45) is 5.10 Å². The second-order valence-electron chi connectivity index (χ2n) is 7.39. The molecule has 3 aromatic heterocycles. The third-order valence-corrected chi connectivity index (χ3v) is 4.98. The minimum absolute atomic E-state index is 0.0216. The highest BCUT2D eigenvalue weighted by Crippen LogP contribution is 2.21. The lowest BCUT2D eigenvalue weighted by molar-refractivity contribution is -0.384. The van der Waals surface area contributed by atoms with Crippen molar-refractivity contribution >= 4 is 40.5 Å². The van der Waals surface area contributed by atoms with Crippen molar-refractivity contribution in [3.63, 3.8) is 0 Å². The standard InChI is InChI=1S/C22H18N10O3/c1-14-4-6-15(7-5-14)26-28-20-19(24-21-22(25-20)30-35-29-21)27-23-13-18-3-2-12-31(18)16-8-10-17(11-9-16)32(33)34/h2-13,26H,1H3,(H,24,27,29)(H,25,28,30)/b23-13+. The zero-order chi connectivity index (χ0) is 24.2. The van der Waals surface area contributed by atoms with Crippen molar-refractivity contribution in [1.82, 2.24) is 24.8 Å². The van der Waals surface area contributed by atoms with E-state index in [9.17, 15) is 10.1 Å². The third kappa shape index (κ3) is 4.73. The monoisotopic (exact) mass is 470 g/mol. The van der Waals surface area contributed by atoms with E-state index in [4.69, 9.17) is 4.63 Å². The summed E-state index contributed by atoms with van der Waals surface area (Å²) in [7, 11) is 0. The summed E-state index contributed by atoms with van der Waals surface area (Å²) in [4.78, 5) is 19.2. The second-order valence-corrected chi connectivity index (χ2v) is 7.39. The molecule has 0 saturated heterocycles. The summed E-state index contributed by atoms with van der Waals surface area (Å²) in [6.07, 6.45) is 3.42. The zero-order valence-corrected chi connectivity index (χ0v) is 18.3. The Labute approximate surface area is 197 Å². The normalized spacial score (nSPS) is 11.1. The van der Waals surface area contributed by atoms with E-state index in [2.05, 4.69) is 41.7 Å². The Hall–Kier alpha value is -5.33. The molecule has 0 aliphatic carbocycles. The number of hydrazine groups is 1. The van der Waals surface area contributed by atoms with Crippen molar-refractivity contribution in [2.75, 3.05) is 16.3 Å². The van der Waals surface area contributed by atoms with Gasteiger partial charge in [-0.15, -0.1) is 0 Å². The molecule has 0 spiro atoms. The molecular formula is C22H18N10O3. The van der Waals surface area contributed by atoms with Crippen LogP contribution in [-0.4, -0.2) is 36.0 Å². The van der Waals surface area contributed by atoms with Gasteiger partial charge in [0.15, 0.2) is 11.6 Å². The Morgan fingerprint density at radius 2 is 1.69 bits per heavy atom. The first-order valence-corrected chi connectivity index (χ1v) is 10.4. The average molecular weight is 470 g/mol. The fourth-order valence-electron chi connectivity index (χ4n) is 3.20. The molecule has 13 nitrogen and oxygen atoms in total. The molecule has 0 aliphatic rings. The van der Waals surface area contributed by atoms with Crippen LogP contribution in [-0.2, 0) is 0 Å². The summed E-state index contributed by atoms with van der Waals surface area (Å²) >= 11 is 0. The topological polar surface area (TPSA) is 161 Å². The Kier molecular flexibility index (Phi) is 5.70. The maximum atomic E-state index is 10.9. The number of hydrazone groups is 1. The first-order chi connectivity index (χ1) is 17.1. The van der Waals surface area contributed by atoms with Gasteiger partial charge in [0, 0.05) is 24.0 Å². The van der Waals surface area contributed by atoms with Crippen molar-refractivity contribution in [3.05, 3.63) is 88.2 Å². The maximum absolute atomic E-state index is 10.9. The lowest BCUT2D eigenvalue weighted by Gasteiger charge is -2.11. The van der Waals surface area contributed by atoms with Crippen molar-refractivity contribution in [3.8, 4) is 5.69 Å². The fraction of sp³-hybridized carbons (Fsp3) is 0.0455. The van der Waals surface area contributed by atoms with Gasteiger partial charge in [-0.25, -0.2) is 4.63 Å². The van der Waals surface area contributed by atoms with Crippen molar-refractivity contribution < 1.29 is 9.55 Å². The third-order valence-electron chi connectivity index (χ3n) is 4.98.